The van der Waals surface area contributed by atoms with E-state index in [2.05, 4.69) is 55.1 Å². The Morgan fingerprint density at radius 1 is 0.905 bits per heavy atom. The Hall–Kier alpha value is -1.87. The Labute approximate surface area is 126 Å². The smallest absolute Gasteiger partial charge is 0.123 e. The molecule has 3 heteroatoms. The second-order valence-corrected chi connectivity index (χ2v) is 5.56. The standard InChI is InChI=1S/C18H23FN2/c1-15(16-9-11-17(19)12-10-16)21(14-13-20(2)3)18-7-5-4-6-8-18/h4-12,15H,13-14H2,1-3H3. The van der Waals surface area contributed by atoms with E-state index < -0.39 is 0 Å². The van der Waals surface area contributed by atoms with E-state index in [1.807, 2.05) is 18.2 Å². The largest absolute Gasteiger partial charge is 0.363 e. The van der Waals surface area contributed by atoms with E-state index in [9.17, 15) is 4.39 Å². The summed E-state index contributed by atoms with van der Waals surface area (Å²) in [6.45, 7) is 4.06. The molecule has 0 amide bonds. The Kier molecular flexibility index (Phi) is 5.34. The number of nitrogens with zero attached hydrogens (tertiary/aromatic N) is 2. The first-order valence-electron chi connectivity index (χ1n) is 7.30. The molecule has 1 atom stereocenters. The molecule has 2 aromatic rings. The molecule has 0 spiro atoms. The normalized spacial score (nSPS) is 12.4. The summed E-state index contributed by atoms with van der Waals surface area (Å²) in [6, 6.07) is 17.4. The van der Waals surface area contributed by atoms with Crippen molar-refractivity contribution in [2.24, 2.45) is 0 Å². The van der Waals surface area contributed by atoms with Gasteiger partial charge in [-0.3, -0.25) is 0 Å². The highest BCUT2D eigenvalue weighted by Crippen LogP contribution is 2.26. The topological polar surface area (TPSA) is 6.48 Å². The van der Waals surface area contributed by atoms with Crippen molar-refractivity contribution in [1.29, 1.82) is 0 Å². The third-order valence-electron chi connectivity index (χ3n) is 3.70. The Balaban J connectivity index is 2.23. The van der Waals surface area contributed by atoms with E-state index in [4.69, 9.17) is 0 Å². The molecule has 2 rings (SSSR count). The van der Waals surface area contributed by atoms with Gasteiger partial charge < -0.3 is 9.80 Å². The molecule has 0 fully saturated rings. The second-order valence-electron chi connectivity index (χ2n) is 5.56. The third kappa shape index (κ3) is 4.30. The van der Waals surface area contributed by atoms with Gasteiger partial charge in [0.2, 0.25) is 0 Å². The maximum absolute atomic E-state index is 13.1. The van der Waals surface area contributed by atoms with Gasteiger partial charge in [-0.2, -0.15) is 0 Å². The summed E-state index contributed by atoms with van der Waals surface area (Å²) in [5.74, 6) is -0.189. The van der Waals surface area contributed by atoms with Gasteiger partial charge in [0.25, 0.3) is 0 Å². The zero-order chi connectivity index (χ0) is 15.2. The molecule has 2 nitrogen and oxygen atoms in total. The van der Waals surface area contributed by atoms with Gasteiger partial charge in [0.15, 0.2) is 0 Å². The lowest BCUT2D eigenvalue weighted by Crippen LogP contribution is -2.33. The van der Waals surface area contributed by atoms with Crippen LogP contribution in [0.5, 0.6) is 0 Å². The Morgan fingerprint density at radius 2 is 1.52 bits per heavy atom. The number of para-hydroxylation sites is 1. The highest BCUT2D eigenvalue weighted by atomic mass is 19.1. The summed E-state index contributed by atoms with van der Waals surface area (Å²) >= 11 is 0. The average Bonchev–Trinajstić information content (AvgIpc) is 2.49. The fraction of sp³-hybridized carbons (Fsp3) is 0.333. The van der Waals surface area contributed by atoms with Crippen molar-refractivity contribution in [3.63, 3.8) is 0 Å². The van der Waals surface area contributed by atoms with Crippen LogP contribution in [0.15, 0.2) is 54.6 Å². The first kappa shape index (κ1) is 15.5. The van der Waals surface area contributed by atoms with Crippen LogP contribution in [0.1, 0.15) is 18.5 Å². The van der Waals surface area contributed by atoms with Crippen molar-refractivity contribution in [2.45, 2.75) is 13.0 Å². The van der Waals surface area contributed by atoms with Crippen molar-refractivity contribution >= 4 is 5.69 Å². The predicted molar refractivity (Wildman–Crippen MR) is 87.2 cm³/mol. The van der Waals surface area contributed by atoms with Gasteiger partial charge in [-0.1, -0.05) is 30.3 Å². The summed E-state index contributed by atoms with van der Waals surface area (Å²) in [5, 5.41) is 0. The first-order valence-corrected chi connectivity index (χ1v) is 7.30. The van der Waals surface area contributed by atoms with Crippen LogP contribution >= 0.6 is 0 Å². The van der Waals surface area contributed by atoms with E-state index in [1.165, 1.54) is 17.8 Å². The summed E-state index contributed by atoms with van der Waals surface area (Å²) in [4.78, 5) is 4.53. The molecular formula is C18H23FN2. The van der Waals surface area contributed by atoms with Crippen molar-refractivity contribution in [2.75, 3.05) is 32.1 Å². The van der Waals surface area contributed by atoms with Gasteiger partial charge in [-0.05, 0) is 50.8 Å². The molecule has 0 aliphatic heterocycles. The number of anilines is 1. The number of halogens is 1. The van der Waals surface area contributed by atoms with E-state index in [1.54, 1.807) is 0 Å². The van der Waals surface area contributed by atoms with Crippen LogP contribution in [-0.2, 0) is 0 Å². The number of hydrogen-bond acceptors (Lipinski definition) is 2. The van der Waals surface area contributed by atoms with Gasteiger partial charge in [0.05, 0.1) is 6.04 Å². The summed E-state index contributed by atoms with van der Waals surface area (Å²) in [7, 11) is 4.15. The maximum atomic E-state index is 13.1. The van der Waals surface area contributed by atoms with Gasteiger partial charge in [-0.25, -0.2) is 4.39 Å². The van der Waals surface area contributed by atoms with Crippen molar-refractivity contribution in [3.8, 4) is 0 Å². The van der Waals surface area contributed by atoms with Crippen molar-refractivity contribution < 1.29 is 4.39 Å². The zero-order valence-electron chi connectivity index (χ0n) is 13.0. The van der Waals surface area contributed by atoms with Crippen LogP contribution < -0.4 is 4.90 Å². The molecule has 0 heterocycles. The molecule has 0 aromatic heterocycles. The highest BCUT2D eigenvalue weighted by molar-refractivity contribution is 5.48. The lowest BCUT2D eigenvalue weighted by atomic mass is 10.1. The molecule has 0 aliphatic rings. The summed E-state index contributed by atoms with van der Waals surface area (Å²) in [5.41, 5.74) is 2.31. The summed E-state index contributed by atoms with van der Waals surface area (Å²) < 4.78 is 13.1. The van der Waals surface area contributed by atoms with Gasteiger partial charge in [0, 0.05) is 18.8 Å². The monoisotopic (exact) mass is 286 g/mol. The Bertz CT molecular complexity index is 537. The zero-order valence-corrected chi connectivity index (χ0v) is 13.0. The molecule has 0 N–H and O–H groups in total. The third-order valence-corrected chi connectivity index (χ3v) is 3.70. The maximum Gasteiger partial charge on any atom is 0.123 e. The highest BCUT2D eigenvalue weighted by Gasteiger charge is 2.16. The fourth-order valence-electron chi connectivity index (χ4n) is 2.39. The number of hydrogen-bond donors (Lipinski definition) is 0. The molecule has 2 aromatic carbocycles. The molecule has 21 heavy (non-hydrogen) atoms. The number of likely N-dealkylation sites (N-methyl/N-ethyl adjacent to an activating group) is 1. The molecule has 0 aliphatic carbocycles. The lowest BCUT2D eigenvalue weighted by molar-refractivity contribution is 0.407. The van der Waals surface area contributed by atoms with Crippen LogP contribution in [0.3, 0.4) is 0 Å². The molecule has 0 radical (unpaired) electrons. The number of benzene rings is 2. The fourth-order valence-corrected chi connectivity index (χ4v) is 2.39. The van der Waals surface area contributed by atoms with E-state index in [0.717, 1.165) is 18.7 Å². The average molecular weight is 286 g/mol. The van der Waals surface area contributed by atoms with Gasteiger partial charge in [0.1, 0.15) is 5.82 Å². The van der Waals surface area contributed by atoms with Crippen LogP contribution in [0.2, 0.25) is 0 Å². The van der Waals surface area contributed by atoms with Gasteiger partial charge in [-0.15, -0.1) is 0 Å². The molecular weight excluding hydrogens is 263 g/mol. The minimum Gasteiger partial charge on any atom is -0.363 e. The first-order chi connectivity index (χ1) is 10.1. The minimum absolute atomic E-state index is 0.189. The van der Waals surface area contributed by atoms with Gasteiger partial charge >= 0.3 is 0 Å². The van der Waals surface area contributed by atoms with Crippen molar-refractivity contribution in [3.05, 3.63) is 66.0 Å². The van der Waals surface area contributed by atoms with E-state index in [0.29, 0.717) is 0 Å². The quantitative estimate of drug-likeness (QED) is 0.793. The molecule has 1 unspecified atom stereocenters. The Morgan fingerprint density at radius 3 is 2.10 bits per heavy atom. The van der Waals surface area contributed by atoms with E-state index in [-0.39, 0.29) is 11.9 Å². The molecule has 0 saturated carbocycles. The minimum atomic E-state index is -0.189. The molecule has 0 saturated heterocycles. The lowest BCUT2D eigenvalue weighted by Gasteiger charge is -2.32. The van der Waals surface area contributed by atoms with Crippen LogP contribution in [0.25, 0.3) is 0 Å². The van der Waals surface area contributed by atoms with Crippen LogP contribution in [-0.4, -0.2) is 32.1 Å². The molecule has 0 bridgehead atoms. The predicted octanol–water partition coefficient (Wildman–Crippen LogP) is 3.95. The second kappa shape index (κ2) is 7.23. The molecule has 112 valence electrons. The van der Waals surface area contributed by atoms with Crippen LogP contribution in [0.4, 0.5) is 10.1 Å². The van der Waals surface area contributed by atoms with E-state index >= 15 is 0 Å². The SMILES string of the molecule is CC(c1ccc(F)cc1)N(CCN(C)C)c1ccccc1. The number of rotatable bonds is 6. The van der Waals surface area contributed by atoms with Crippen molar-refractivity contribution in [1.82, 2.24) is 4.90 Å². The van der Waals surface area contributed by atoms with Crippen LogP contribution in [0, 0.1) is 5.82 Å². The summed E-state index contributed by atoms with van der Waals surface area (Å²) in [6.07, 6.45) is 0.